The van der Waals surface area contributed by atoms with E-state index in [4.69, 9.17) is 0 Å². The molecule has 0 saturated carbocycles. The lowest BCUT2D eigenvalue weighted by molar-refractivity contribution is 0.771. The van der Waals surface area contributed by atoms with Gasteiger partial charge in [0.1, 0.15) is 10.0 Å². The number of aryl methyl sites for hydroxylation is 1. The van der Waals surface area contributed by atoms with Crippen molar-refractivity contribution in [3.05, 3.63) is 74.1 Å². The minimum Gasteiger partial charge on any atom is -0.360 e. The van der Waals surface area contributed by atoms with Crippen molar-refractivity contribution in [2.24, 2.45) is 0 Å². The van der Waals surface area contributed by atoms with Gasteiger partial charge in [-0.1, -0.05) is 49.4 Å². The highest BCUT2D eigenvalue weighted by Gasteiger charge is 2.15. The molecular weight excluding hydrogens is 370 g/mol. The molecule has 0 amide bonds. The molecule has 4 aromatic rings. The second-order valence-electron chi connectivity index (χ2n) is 7.28. The lowest BCUT2D eigenvalue weighted by Crippen LogP contribution is -2.22. The van der Waals surface area contributed by atoms with E-state index in [2.05, 4.69) is 70.1 Å². The topological polar surface area (TPSA) is 77.7 Å². The standard InChI is InChI=1S/C21H23N5OS/c1-13(2)20-25-24-19(28-20)12-26(11-15-7-5-4-6-14(15)3)16-8-9-17-18(10-16)23-21(27)22-17/h4-10,13H,11-12H2,1-3H3,(H2,22,23,27). The average Bonchev–Trinajstić information content (AvgIpc) is 3.28. The van der Waals surface area contributed by atoms with Crippen LogP contribution in [0.3, 0.4) is 0 Å². The van der Waals surface area contributed by atoms with Gasteiger partial charge in [0.2, 0.25) is 0 Å². The zero-order chi connectivity index (χ0) is 19.7. The molecule has 4 rings (SSSR count). The smallest absolute Gasteiger partial charge is 0.323 e. The Morgan fingerprint density at radius 2 is 1.82 bits per heavy atom. The van der Waals surface area contributed by atoms with Gasteiger partial charge in [-0.25, -0.2) is 4.79 Å². The van der Waals surface area contributed by atoms with Gasteiger partial charge in [-0.05, 0) is 36.2 Å². The number of hydrogen-bond donors (Lipinski definition) is 2. The molecule has 0 radical (unpaired) electrons. The number of benzene rings is 2. The summed E-state index contributed by atoms with van der Waals surface area (Å²) in [5.41, 5.74) is 4.97. The number of hydrogen-bond acceptors (Lipinski definition) is 5. The molecule has 2 aromatic heterocycles. The normalized spacial score (nSPS) is 11.4. The van der Waals surface area contributed by atoms with Crippen molar-refractivity contribution in [3.8, 4) is 0 Å². The van der Waals surface area contributed by atoms with E-state index < -0.39 is 0 Å². The molecule has 144 valence electrons. The van der Waals surface area contributed by atoms with E-state index in [0.29, 0.717) is 12.5 Å². The van der Waals surface area contributed by atoms with Crippen LogP contribution in [0.15, 0.2) is 47.3 Å². The third-order valence-electron chi connectivity index (χ3n) is 4.79. The largest absolute Gasteiger partial charge is 0.360 e. The summed E-state index contributed by atoms with van der Waals surface area (Å²) in [6.45, 7) is 7.81. The first kappa shape index (κ1) is 18.4. The molecule has 0 aliphatic rings. The number of rotatable bonds is 6. The Balaban J connectivity index is 1.70. The first-order valence-electron chi connectivity index (χ1n) is 9.33. The van der Waals surface area contributed by atoms with Crippen molar-refractivity contribution in [2.45, 2.75) is 39.8 Å². The van der Waals surface area contributed by atoms with Crippen molar-refractivity contribution >= 4 is 28.1 Å². The number of nitrogens with one attached hydrogen (secondary N) is 2. The SMILES string of the molecule is Cc1ccccc1CN(Cc1nnc(C(C)C)s1)c1ccc2[nH]c(=O)[nH]c2c1. The summed E-state index contributed by atoms with van der Waals surface area (Å²) in [5.74, 6) is 0.373. The molecule has 7 heteroatoms. The van der Waals surface area contributed by atoms with Crippen LogP contribution in [-0.2, 0) is 13.1 Å². The van der Waals surface area contributed by atoms with Crippen molar-refractivity contribution in [1.29, 1.82) is 0 Å². The van der Waals surface area contributed by atoms with Crippen LogP contribution < -0.4 is 10.6 Å². The maximum atomic E-state index is 11.6. The summed E-state index contributed by atoms with van der Waals surface area (Å²) in [7, 11) is 0. The second-order valence-corrected chi connectivity index (χ2v) is 8.37. The van der Waals surface area contributed by atoms with Gasteiger partial charge in [-0.3, -0.25) is 0 Å². The number of imidazole rings is 1. The van der Waals surface area contributed by atoms with Crippen molar-refractivity contribution < 1.29 is 0 Å². The fourth-order valence-electron chi connectivity index (χ4n) is 3.18. The molecular formula is C21H23N5OS. The number of nitrogens with zero attached hydrogens (tertiary/aromatic N) is 3. The summed E-state index contributed by atoms with van der Waals surface area (Å²) in [4.78, 5) is 19.5. The van der Waals surface area contributed by atoms with Gasteiger partial charge in [-0.15, -0.1) is 10.2 Å². The van der Waals surface area contributed by atoms with Crippen LogP contribution >= 0.6 is 11.3 Å². The van der Waals surface area contributed by atoms with Crippen molar-refractivity contribution in [3.63, 3.8) is 0 Å². The molecule has 2 aromatic carbocycles. The zero-order valence-electron chi connectivity index (χ0n) is 16.2. The third kappa shape index (κ3) is 3.84. The quantitative estimate of drug-likeness (QED) is 0.511. The first-order valence-corrected chi connectivity index (χ1v) is 10.1. The third-order valence-corrected chi connectivity index (χ3v) is 6.00. The molecule has 0 atom stereocenters. The van der Waals surface area contributed by atoms with Gasteiger partial charge >= 0.3 is 5.69 Å². The number of aromatic nitrogens is 4. The van der Waals surface area contributed by atoms with Crippen LogP contribution in [0.1, 0.15) is 40.9 Å². The van der Waals surface area contributed by atoms with Gasteiger partial charge in [0, 0.05) is 18.2 Å². The molecule has 2 N–H and O–H groups in total. The first-order chi connectivity index (χ1) is 13.5. The number of H-pyrrole nitrogens is 2. The maximum absolute atomic E-state index is 11.6. The molecule has 0 spiro atoms. The van der Waals surface area contributed by atoms with Gasteiger partial charge in [0.05, 0.1) is 17.6 Å². The van der Waals surface area contributed by atoms with E-state index in [1.54, 1.807) is 11.3 Å². The highest BCUT2D eigenvalue weighted by Crippen LogP contribution is 2.26. The molecule has 0 aliphatic heterocycles. The Morgan fingerprint density at radius 3 is 2.57 bits per heavy atom. The van der Waals surface area contributed by atoms with Crippen molar-refractivity contribution in [2.75, 3.05) is 4.90 Å². The monoisotopic (exact) mass is 393 g/mol. The highest BCUT2D eigenvalue weighted by molar-refractivity contribution is 7.11. The molecule has 2 heterocycles. The molecule has 0 aliphatic carbocycles. The Hall–Kier alpha value is -2.93. The summed E-state index contributed by atoms with van der Waals surface area (Å²) in [6.07, 6.45) is 0. The minimum atomic E-state index is -0.191. The fourth-order valence-corrected chi connectivity index (χ4v) is 4.04. The summed E-state index contributed by atoms with van der Waals surface area (Å²) < 4.78 is 0. The van der Waals surface area contributed by atoms with Gasteiger partial charge in [0.15, 0.2) is 0 Å². The number of anilines is 1. The Morgan fingerprint density at radius 1 is 1.04 bits per heavy atom. The predicted octanol–water partition coefficient (Wildman–Crippen LogP) is 4.35. The van der Waals surface area contributed by atoms with Crippen LogP contribution in [-0.4, -0.2) is 20.2 Å². The van der Waals surface area contributed by atoms with E-state index in [1.807, 2.05) is 18.2 Å². The number of fused-ring (bicyclic) bond motifs is 1. The molecule has 0 bridgehead atoms. The number of aromatic amines is 2. The minimum absolute atomic E-state index is 0.191. The van der Waals surface area contributed by atoms with E-state index in [0.717, 1.165) is 33.3 Å². The van der Waals surface area contributed by atoms with Gasteiger partial charge < -0.3 is 14.9 Å². The van der Waals surface area contributed by atoms with E-state index in [-0.39, 0.29) is 5.69 Å². The highest BCUT2D eigenvalue weighted by atomic mass is 32.1. The Bertz CT molecular complexity index is 1160. The van der Waals surface area contributed by atoms with Crippen LogP contribution in [0.4, 0.5) is 5.69 Å². The molecule has 0 unspecified atom stereocenters. The van der Waals surface area contributed by atoms with E-state index >= 15 is 0 Å². The molecule has 6 nitrogen and oxygen atoms in total. The van der Waals surface area contributed by atoms with Crippen LogP contribution in [0.25, 0.3) is 11.0 Å². The summed E-state index contributed by atoms with van der Waals surface area (Å²) in [6, 6.07) is 14.4. The van der Waals surface area contributed by atoms with Crippen LogP contribution in [0.5, 0.6) is 0 Å². The van der Waals surface area contributed by atoms with Crippen LogP contribution in [0, 0.1) is 6.92 Å². The fraction of sp³-hybridized carbons (Fsp3) is 0.286. The Labute approximate surface area is 167 Å². The zero-order valence-corrected chi connectivity index (χ0v) is 17.0. The lowest BCUT2D eigenvalue weighted by atomic mass is 10.1. The van der Waals surface area contributed by atoms with Gasteiger partial charge in [-0.2, -0.15) is 0 Å². The molecule has 0 fully saturated rings. The second kappa shape index (κ2) is 7.59. The van der Waals surface area contributed by atoms with E-state index in [9.17, 15) is 4.79 Å². The Kier molecular flexibility index (Phi) is 5.00. The van der Waals surface area contributed by atoms with Crippen LogP contribution in [0.2, 0.25) is 0 Å². The maximum Gasteiger partial charge on any atom is 0.323 e. The predicted molar refractivity (Wildman–Crippen MR) is 114 cm³/mol. The molecule has 0 saturated heterocycles. The van der Waals surface area contributed by atoms with Gasteiger partial charge in [0.25, 0.3) is 0 Å². The van der Waals surface area contributed by atoms with Crippen molar-refractivity contribution in [1.82, 2.24) is 20.2 Å². The summed E-state index contributed by atoms with van der Waals surface area (Å²) >= 11 is 1.66. The molecule has 28 heavy (non-hydrogen) atoms. The summed E-state index contributed by atoms with van der Waals surface area (Å²) in [5, 5.41) is 10.8. The lowest BCUT2D eigenvalue weighted by Gasteiger charge is -2.24. The van der Waals surface area contributed by atoms with E-state index in [1.165, 1.54) is 11.1 Å². The average molecular weight is 394 g/mol.